The summed E-state index contributed by atoms with van der Waals surface area (Å²) >= 11 is 0. The Hall–Kier alpha value is -2.32. The van der Waals surface area contributed by atoms with Gasteiger partial charge in [0, 0.05) is 25.2 Å². The maximum absolute atomic E-state index is 12.4. The zero-order chi connectivity index (χ0) is 16.2. The molecule has 2 aromatic heterocycles. The number of hydrogen-bond acceptors (Lipinski definition) is 6. The fourth-order valence-electron chi connectivity index (χ4n) is 1.57. The van der Waals surface area contributed by atoms with Crippen molar-refractivity contribution in [1.82, 2.24) is 15.1 Å². The molecule has 9 heteroatoms. The molecular formula is C13H16F3N5O. The van der Waals surface area contributed by atoms with Crippen molar-refractivity contribution in [2.24, 2.45) is 0 Å². The SMILES string of the molecule is CC(C)c1noc(NCCNc2ccc(C(F)(F)F)cn2)n1. The summed E-state index contributed by atoms with van der Waals surface area (Å²) < 4.78 is 42.1. The fraction of sp³-hybridized carbons (Fsp3) is 0.462. The lowest BCUT2D eigenvalue weighted by Gasteiger charge is -2.08. The topological polar surface area (TPSA) is 75.9 Å². The highest BCUT2D eigenvalue weighted by Crippen LogP contribution is 2.28. The fourth-order valence-corrected chi connectivity index (χ4v) is 1.57. The summed E-state index contributed by atoms with van der Waals surface area (Å²) in [6.07, 6.45) is -3.58. The standard InChI is InChI=1S/C13H16F3N5O/c1-8(2)11-20-12(22-21-11)18-6-5-17-10-4-3-9(7-19-10)13(14,15)16/h3-4,7-8H,5-6H2,1-2H3,(H,17,19)(H,18,20,21). The molecule has 0 amide bonds. The lowest BCUT2D eigenvalue weighted by molar-refractivity contribution is -0.137. The van der Waals surface area contributed by atoms with Crippen LogP contribution in [0.3, 0.4) is 0 Å². The highest BCUT2D eigenvalue weighted by molar-refractivity contribution is 5.36. The molecule has 0 bridgehead atoms. The van der Waals surface area contributed by atoms with Crippen molar-refractivity contribution in [3.8, 4) is 0 Å². The van der Waals surface area contributed by atoms with Gasteiger partial charge >= 0.3 is 12.2 Å². The number of nitrogens with one attached hydrogen (secondary N) is 2. The third-order valence-electron chi connectivity index (χ3n) is 2.76. The molecule has 2 rings (SSSR count). The van der Waals surface area contributed by atoms with E-state index >= 15 is 0 Å². The van der Waals surface area contributed by atoms with E-state index in [0.29, 0.717) is 30.7 Å². The van der Waals surface area contributed by atoms with E-state index in [9.17, 15) is 13.2 Å². The number of hydrogen-bond donors (Lipinski definition) is 2. The zero-order valence-electron chi connectivity index (χ0n) is 12.1. The van der Waals surface area contributed by atoms with Gasteiger partial charge in [-0.15, -0.1) is 0 Å². The van der Waals surface area contributed by atoms with Crippen LogP contribution in [0.1, 0.15) is 31.2 Å². The van der Waals surface area contributed by atoms with Crippen LogP contribution in [0.4, 0.5) is 25.0 Å². The van der Waals surface area contributed by atoms with Crippen LogP contribution in [0.25, 0.3) is 0 Å². The van der Waals surface area contributed by atoms with E-state index in [1.165, 1.54) is 6.07 Å². The number of halogens is 3. The molecule has 2 heterocycles. The molecule has 6 nitrogen and oxygen atoms in total. The minimum absolute atomic E-state index is 0.175. The van der Waals surface area contributed by atoms with Crippen LogP contribution >= 0.6 is 0 Å². The average molecular weight is 315 g/mol. The normalized spacial score (nSPS) is 11.7. The van der Waals surface area contributed by atoms with Crippen molar-refractivity contribution in [2.45, 2.75) is 25.9 Å². The highest BCUT2D eigenvalue weighted by Gasteiger charge is 2.30. The first-order valence-corrected chi connectivity index (χ1v) is 6.71. The van der Waals surface area contributed by atoms with Gasteiger partial charge in [-0.05, 0) is 12.1 Å². The first-order chi connectivity index (χ1) is 10.4. The summed E-state index contributed by atoms with van der Waals surface area (Å²) in [5.74, 6) is 1.15. The number of aromatic nitrogens is 3. The van der Waals surface area contributed by atoms with Gasteiger partial charge in [0.15, 0.2) is 5.82 Å². The van der Waals surface area contributed by atoms with E-state index in [-0.39, 0.29) is 5.92 Å². The van der Waals surface area contributed by atoms with Crippen LogP contribution in [-0.4, -0.2) is 28.2 Å². The number of alkyl halides is 3. The lowest BCUT2D eigenvalue weighted by atomic mass is 10.2. The number of rotatable bonds is 6. The van der Waals surface area contributed by atoms with Gasteiger partial charge in [0.2, 0.25) is 0 Å². The predicted octanol–water partition coefficient (Wildman–Crippen LogP) is 3.13. The third kappa shape index (κ3) is 4.34. The maximum Gasteiger partial charge on any atom is 0.417 e. The molecule has 0 spiro atoms. The van der Waals surface area contributed by atoms with Crippen molar-refractivity contribution in [3.05, 3.63) is 29.7 Å². The van der Waals surface area contributed by atoms with Crippen LogP contribution in [0.2, 0.25) is 0 Å². The summed E-state index contributed by atoms with van der Waals surface area (Å²) in [6, 6.07) is 2.58. The quantitative estimate of drug-likeness (QED) is 0.798. The average Bonchev–Trinajstić information content (AvgIpc) is 2.92. The number of anilines is 2. The second-order valence-corrected chi connectivity index (χ2v) is 4.90. The van der Waals surface area contributed by atoms with Crippen molar-refractivity contribution in [3.63, 3.8) is 0 Å². The molecule has 0 saturated carbocycles. The Kier molecular flexibility index (Phi) is 4.84. The van der Waals surface area contributed by atoms with Gasteiger partial charge < -0.3 is 15.2 Å². The molecule has 0 atom stereocenters. The van der Waals surface area contributed by atoms with Crippen molar-refractivity contribution >= 4 is 11.8 Å². The molecule has 0 aliphatic heterocycles. The van der Waals surface area contributed by atoms with Crippen molar-refractivity contribution in [2.75, 3.05) is 23.7 Å². The zero-order valence-corrected chi connectivity index (χ0v) is 12.1. The summed E-state index contributed by atoms with van der Waals surface area (Å²) in [5, 5.41) is 9.60. The van der Waals surface area contributed by atoms with Crippen LogP contribution in [0.15, 0.2) is 22.9 Å². The van der Waals surface area contributed by atoms with E-state index in [1.54, 1.807) is 0 Å². The Morgan fingerprint density at radius 1 is 1.18 bits per heavy atom. The van der Waals surface area contributed by atoms with Crippen molar-refractivity contribution in [1.29, 1.82) is 0 Å². The molecule has 0 aliphatic carbocycles. The lowest BCUT2D eigenvalue weighted by Crippen LogP contribution is -2.15. The Balaban J connectivity index is 1.76. The molecule has 120 valence electrons. The maximum atomic E-state index is 12.4. The summed E-state index contributed by atoms with van der Waals surface area (Å²) in [5.41, 5.74) is -0.775. The molecule has 0 aliphatic rings. The Morgan fingerprint density at radius 3 is 2.45 bits per heavy atom. The Morgan fingerprint density at radius 2 is 1.91 bits per heavy atom. The molecule has 2 aromatic rings. The molecule has 0 fully saturated rings. The smallest absolute Gasteiger partial charge is 0.368 e. The van der Waals surface area contributed by atoms with E-state index in [1.807, 2.05) is 13.8 Å². The van der Waals surface area contributed by atoms with Crippen LogP contribution in [-0.2, 0) is 6.18 Å². The molecule has 2 N–H and O–H groups in total. The van der Waals surface area contributed by atoms with E-state index < -0.39 is 11.7 Å². The van der Waals surface area contributed by atoms with Crippen molar-refractivity contribution < 1.29 is 17.7 Å². The molecule has 0 aromatic carbocycles. The Labute approximate surface area is 125 Å². The van der Waals surface area contributed by atoms with E-state index in [4.69, 9.17) is 4.52 Å². The molecule has 0 unspecified atom stereocenters. The van der Waals surface area contributed by atoms with Gasteiger partial charge in [0.25, 0.3) is 0 Å². The summed E-state index contributed by atoms with van der Waals surface area (Å²) in [6.45, 7) is 4.80. The first-order valence-electron chi connectivity index (χ1n) is 6.71. The van der Waals surface area contributed by atoms with E-state index in [2.05, 4.69) is 25.8 Å². The van der Waals surface area contributed by atoms with E-state index in [0.717, 1.165) is 12.3 Å². The monoisotopic (exact) mass is 315 g/mol. The van der Waals surface area contributed by atoms with Crippen LogP contribution in [0, 0.1) is 0 Å². The highest BCUT2D eigenvalue weighted by atomic mass is 19.4. The predicted molar refractivity (Wildman–Crippen MR) is 74.6 cm³/mol. The van der Waals surface area contributed by atoms with Gasteiger partial charge in [0.1, 0.15) is 5.82 Å². The van der Waals surface area contributed by atoms with Gasteiger partial charge in [0.05, 0.1) is 5.56 Å². The van der Waals surface area contributed by atoms with Gasteiger partial charge in [-0.1, -0.05) is 19.0 Å². The van der Waals surface area contributed by atoms with Gasteiger partial charge in [-0.2, -0.15) is 18.2 Å². The third-order valence-corrected chi connectivity index (χ3v) is 2.76. The first kappa shape index (κ1) is 16.1. The Bertz CT molecular complexity index is 594. The molecular weight excluding hydrogens is 299 g/mol. The minimum atomic E-state index is -4.38. The van der Waals surface area contributed by atoms with Crippen LogP contribution in [0.5, 0.6) is 0 Å². The summed E-state index contributed by atoms with van der Waals surface area (Å²) in [4.78, 5) is 7.84. The summed E-state index contributed by atoms with van der Waals surface area (Å²) in [7, 11) is 0. The number of pyridine rings is 1. The minimum Gasteiger partial charge on any atom is -0.368 e. The molecule has 0 radical (unpaired) electrons. The van der Waals surface area contributed by atoms with Gasteiger partial charge in [-0.3, -0.25) is 0 Å². The number of nitrogens with zero attached hydrogens (tertiary/aromatic N) is 3. The largest absolute Gasteiger partial charge is 0.417 e. The second-order valence-electron chi connectivity index (χ2n) is 4.90. The van der Waals surface area contributed by atoms with Gasteiger partial charge in [-0.25, -0.2) is 4.98 Å². The molecule has 22 heavy (non-hydrogen) atoms. The molecule has 0 saturated heterocycles. The van der Waals surface area contributed by atoms with Crippen LogP contribution < -0.4 is 10.6 Å². The second kappa shape index (κ2) is 6.63.